The highest BCUT2D eigenvalue weighted by Gasteiger charge is 2.15. The second-order valence-corrected chi connectivity index (χ2v) is 4.47. The molecule has 6 nitrogen and oxygen atoms in total. The Balaban J connectivity index is 2.34. The lowest BCUT2D eigenvalue weighted by molar-refractivity contribution is -0.385. The molecule has 1 N–H and O–H groups in total. The average molecular weight is 281 g/mol. The number of nitro benzene ring substituents is 1. The van der Waals surface area contributed by atoms with Crippen molar-refractivity contribution < 1.29 is 4.92 Å². The van der Waals surface area contributed by atoms with Gasteiger partial charge in [-0.25, -0.2) is 4.98 Å². The second kappa shape index (κ2) is 5.81. The average Bonchev–Trinajstić information content (AvgIpc) is 2.77. The van der Waals surface area contributed by atoms with Crippen LogP contribution < -0.4 is 5.32 Å². The predicted molar refractivity (Wildman–Crippen MR) is 72.2 cm³/mol. The largest absolute Gasteiger partial charge is 0.329 e. The Labute approximate surface area is 115 Å². The number of imidazole rings is 1. The van der Waals surface area contributed by atoms with Crippen LogP contribution in [0.3, 0.4) is 0 Å². The van der Waals surface area contributed by atoms with Crippen LogP contribution in [0.15, 0.2) is 30.6 Å². The molecule has 0 atom stereocenters. The van der Waals surface area contributed by atoms with Gasteiger partial charge in [-0.1, -0.05) is 11.6 Å². The number of hydrogen-bond acceptors (Lipinski definition) is 4. The number of rotatable bonds is 5. The number of hydrogen-bond donors (Lipinski definition) is 1. The summed E-state index contributed by atoms with van der Waals surface area (Å²) in [5.41, 5.74) is 0.626. The normalized spacial score (nSPS) is 10.6. The molecule has 100 valence electrons. The van der Waals surface area contributed by atoms with E-state index in [1.807, 2.05) is 11.6 Å². The van der Waals surface area contributed by atoms with Crippen molar-refractivity contribution in [3.05, 3.63) is 57.1 Å². The lowest BCUT2D eigenvalue weighted by Crippen LogP contribution is -2.13. The van der Waals surface area contributed by atoms with Crippen LogP contribution in [0.25, 0.3) is 0 Å². The van der Waals surface area contributed by atoms with Crippen LogP contribution in [0.2, 0.25) is 5.02 Å². The standard InChI is InChI=1S/C12H13ClN4O2/c1-14-7-12-15-4-5-16(12)8-9-6-10(13)2-3-11(9)17(18)19/h2-6,14H,7-8H2,1H3. The molecule has 19 heavy (non-hydrogen) atoms. The zero-order chi connectivity index (χ0) is 13.8. The van der Waals surface area contributed by atoms with E-state index in [-0.39, 0.29) is 5.69 Å². The van der Waals surface area contributed by atoms with Crippen molar-refractivity contribution in [1.29, 1.82) is 0 Å². The molecule has 1 aromatic carbocycles. The van der Waals surface area contributed by atoms with E-state index in [4.69, 9.17) is 11.6 Å². The number of aromatic nitrogens is 2. The molecule has 0 radical (unpaired) electrons. The summed E-state index contributed by atoms with van der Waals surface area (Å²) in [4.78, 5) is 14.8. The summed E-state index contributed by atoms with van der Waals surface area (Å²) in [5.74, 6) is 0.816. The maximum absolute atomic E-state index is 11.0. The van der Waals surface area contributed by atoms with Gasteiger partial charge in [-0.3, -0.25) is 10.1 Å². The van der Waals surface area contributed by atoms with Crippen molar-refractivity contribution in [1.82, 2.24) is 14.9 Å². The van der Waals surface area contributed by atoms with E-state index in [0.717, 1.165) is 5.82 Å². The van der Waals surface area contributed by atoms with E-state index in [9.17, 15) is 10.1 Å². The Morgan fingerprint density at radius 3 is 3.00 bits per heavy atom. The molecule has 0 amide bonds. The predicted octanol–water partition coefficient (Wildman–Crippen LogP) is 2.21. The highest BCUT2D eigenvalue weighted by atomic mass is 35.5. The number of nitrogens with zero attached hydrogens (tertiary/aromatic N) is 3. The molecule has 7 heteroatoms. The summed E-state index contributed by atoms with van der Waals surface area (Å²) in [7, 11) is 1.82. The highest BCUT2D eigenvalue weighted by molar-refractivity contribution is 6.30. The molecule has 0 aliphatic rings. The highest BCUT2D eigenvalue weighted by Crippen LogP contribution is 2.23. The second-order valence-electron chi connectivity index (χ2n) is 4.03. The first-order valence-electron chi connectivity index (χ1n) is 5.69. The Morgan fingerprint density at radius 1 is 1.53 bits per heavy atom. The minimum Gasteiger partial charge on any atom is -0.329 e. The van der Waals surface area contributed by atoms with Gasteiger partial charge in [-0.2, -0.15) is 0 Å². The van der Waals surface area contributed by atoms with Crippen molar-refractivity contribution >= 4 is 17.3 Å². The maximum atomic E-state index is 11.0. The van der Waals surface area contributed by atoms with E-state index in [1.165, 1.54) is 12.1 Å². The lowest BCUT2D eigenvalue weighted by Gasteiger charge is -2.08. The first kappa shape index (κ1) is 13.5. The zero-order valence-electron chi connectivity index (χ0n) is 10.3. The van der Waals surface area contributed by atoms with Crippen molar-refractivity contribution in [2.75, 3.05) is 7.05 Å². The molecule has 1 heterocycles. The molecule has 0 saturated heterocycles. The van der Waals surface area contributed by atoms with Crippen molar-refractivity contribution in [2.24, 2.45) is 0 Å². The minimum atomic E-state index is -0.402. The third-order valence-corrected chi connectivity index (χ3v) is 2.95. The van der Waals surface area contributed by atoms with Crippen LogP contribution in [0, 0.1) is 10.1 Å². The fourth-order valence-corrected chi connectivity index (χ4v) is 2.05. The number of nitrogens with one attached hydrogen (secondary N) is 1. The summed E-state index contributed by atoms with van der Waals surface area (Å²) in [6.07, 6.45) is 3.46. The van der Waals surface area contributed by atoms with Gasteiger partial charge in [-0.15, -0.1) is 0 Å². The zero-order valence-corrected chi connectivity index (χ0v) is 11.1. The first-order chi connectivity index (χ1) is 9.11. The van der Waals surface area contributed by atoms with E-state index in [2.05, 4.69) is 10.3 Å². The molecular weight excluding hydrogens is 268 g/mol. The fraction of sp³-hybridized carbons (Fsp3) is 0.250. The van der Waals surface area contributed by atoms with Gasteiger partial charge in [0.15, 0.2) is 0 Å². The SMILES string of the molecule is CNCc1nccn1Cc1cc(Cl)ccc1[N+](=O)[O-]. The van der Waals surface area contributed by atoms with E-state index in [0.29, 0.717) is 23.7 Å². The fourth-order valence-electron chi connectivity index (χ4n) is 1.85. The van der Waals surface area contributed by atoms with Crippen LogP contribution >= 0.6 is 11.6 Å². The number of halogens is 1. The molecule has 0 fully saturated rings. The molecule has 0 bridgehead atoms. The van der Waals surface area contributed by atoms with E-state index >= 15 is 0 Å². The Hall–Kier alpha value is -1.92. The van der Waals surface area contributed by atoms with Crippen LogP contribution in [0.4, 0.5) is 5.69 Å². The molecule has 2 aromatic rings. The van der Waals surface area contributed by atoms with Gasteiger partial charge in [-0.05, 0) is 19.2 Å². The molecule has 0 unspecified atom stereocenters. The van der Waals surface area contributed by atoms with Gasteiger partial charge in [0, 0.05) is 23.5 Å². The third-order valence-electron chi connectivity index (χ3n) is 2.72. The van der Waals surface area contributed by atoms with Gasteiger partial charge in [0.25, 0.3) is 5.69 Å². The summed E-state index contributed by atoms with van der Waals surface area (Å²) < 4.78 is 1.86. The van der Waals surface area contributed by atoms with Crippen LogP contribution in [-0.2, 0) is 13.1 Å². The molecule has 0 saturated carbocycles. The van der Waals surface area contributed by atoms with Gasteiger partial charge < -0.3 is 9.88 Å². The Morgan fingerprint density at radius 2 is 2.32 bits per heavy atom. The summed E-state index contributed by atoms with van der Waals surface area (Å²) in [5, 5.41) is 14.5. The van der Waals surface area contributed by atoms with Gasteiger partial charge >= 0.3 is 0 Å². The van der Waals surface area contributed by atoms with Crippen LogP contribution in [-0.4, -0.2) is 21.5 Å². The smallest absolute Gasteiger partial charge is 0.274 e. The third kappa shape index (κ3) is 3.10. The number of nitro groups is 1. The molecule has 0 spiro atoms. The van der Waals surface area contributed by atoms with Crippen LogP contribution in [0.5, 0.6) is 0 Å². The molecule has 0 aliphatic heterocycles. The van der Waals surface area contributed by atoms with E-state index in [1.54, 1.807) is 18.5 Å². The summed E-state index contributed by atoms with van der Waals surface area (Å²) >= 11 is 5.90. The van der Waals surface area contributed by atoms with Crippen molar-refractivity contribution in [2.45, 2.75) is 13.1 Å². The first-order valence-corrected chi connectivity index (χ1v) is 6.07. The topological polar surface area (TPSA) is 73.0 Å². The van der Waals surface area contributed by atoms with Gasteiger partial charge in [0.05, 0.1) is 23.6 Å². The van der Waals surface area contributed by atoms with E-state index < -0.39 is 4.92 Å². The maximum Gasteiger partial charge on any atom is 0.274 e. The number of benzene rings is 1. The monoisotopic (exact) mass is 280 g/mol. The molecule has 1 aromatic heterocycles. The van der Waals surface area contributed by atoms with Crippen LogP contribution in [0.1, 0.15) is 11.4 Å². The Kier molecular flexibility index (Phi) is 4.13. The van der Waals surface area contributed by atoms with Crippen molar-refractivity contribution in [3.8, 4) is 0 Å². The summed E-state index contributed by atoms with van der Waals surface area (Å²) in [6, 6.07) is 4.56. The molecule has 0 aliphatic carbocycles. The molecular formula is C12H13ClN4O2. The van der Waals surface area contributed by atoms with Gasteiger partial charge in [0.2, 0.25) is 0 Å². The summed E-state index contributed by atoms with van der Waals surface area (Å²) in [6.45, 7) is 0.968. The quantitative estimate of drug-likeness (QED) is 0.673. The Bertz CT molecular complexity index is 597. The minimum absolute atomic E-state index is 0.0634. The van der Waals surface area contributed by atoms with Crippen molar-refractivity contribution in [3.63, 3.8) is 0 Å². The lowest BCUT2D eigenvalue weighted by atomic mass is 10.2. The molecule has 2 rings (SSSR count). The van der Waals surface area contributed by atoms with Gasteiger partial charge in [0.1, 0.15) is 5.82 Å².